The van der Waals surface area contributed by atoms with Crippen LogP contribution in [0.25, 0.3) is 17.2 Å². The molecule has 9 nitrogen and oxygen atoms in total. The Morgan fingerprint density at radius 3 is 2.76 bits per heavy atom. The second kappa shape index (κ2) is 10.8. The zero-order valence-corrected chi connectivity index (χ0v) is 21.5. The molecule has 0 radical (unpaired) electrons. The first-order valence-electron chi connectivity index (χ1n) is 12.6. The van der Waals surface area contributed by atoms with E-state index in [1.54, 1.807) is 18.3 Å². The summed E-state index contributed by atoms with van der Waals surface area (Å²) in [5.74, 6) is 2.42. The summed E-state index contributed by atoms with van der Waals surface area (Å²) in [5, 5.41) is 5.57. The molecule has 2 fully saturated rings. The molecular weight excluding hydrogens is 502 g/mol. The molecule has 3 aliphatic heterocycles. The molecule has 2 aromatic carbocycles. The number of fused-ring (bicyclic) bond motifs is 1. The normalized spacial score (nSPS) is 18.3. The van der Waals surface area contributed by atoms with Gasteiger partial charge < -0.3 is 19.7 Å². The van der Waals surface area contributed by atoms with Crippen molar-refractivity contribution in [3.8, 4) is 22.6 Å². The zero-order chi connectivity index (χ0) is 25.9. The SMILES string of the molecule is O=C1NC(=O)/C(=C/c2ccnc(N3CCC(CNCc4ccccc4-c4ccc5c(c4)OCO5)CC3)n2)S1. The quantitative estimate of drug-likeness (QED) is 0.436. The van der Waals surface area contributed by atoms with Gasteiger partial charge in [-0.05, 0) is 78.0 Å². The molecule has 2 N–H and O–H groups in total. The van der Waals surface area contributed by atoms with Crippen LogP contribution in [-0.2, 0) is 11.3 Å². The molecule has 2 amide bonds. The molecule has 10 heteroatoms. The number of nitrogens with one attached hydrogen (secondary N) is 2. The fourth-order valence-electron chi connectivity index (χ4n) is 4.92. The van der Waals surface area contributed by atoms with E-state index in [2.05, 4.69) is 55.8 Å². The average molecular weight is 530 g/mol. The van der Waals surface area contributed by atoms with Gasteiger partial charge in [-0.2, -0.15) is 0 Å². The van der Waals surface area contributed by atoms with Crippen molar-refractivity contribution in [2.75, 3.05) is 31.3 Å². The number of aromatic nitrogens is 2. The van der Waals surface area contributed by atoms with Gasteiger partial charge in [0.1, 0.15) is 0 Å². The molecule has 6 rings (SSSR count). The van der Waals surface area contributed by atoms with Crippen molar-refractivity contribution < 1.29 is 19.1 Å². The van der Waals surface area contributed by atoms with Crippen LogP contribution >= 0.6 is 11.8 Å². The monoisotopic (exact) mass is 529 g/mol. The third kappa shape index (κ3) is 5.36. The Morgan fingerprint density at radius 2 is 1.92 bits per heavy atom. The van der Waals surface area contributed by atoms with Crippen LogP contribution in [0, 0.1) is 5.92 Å². The average Bonchev–Trinajstić information content (AvgIpc) is 3.54. The Kier molecular flexibility index (Phi) is 6.98. The maximum Gasteiger partial charge on any atom is 0.290 e. The Balaban J connectivity index is 1.03. The zero-order valence-electron chi connectivity index (χ0n) is 20.7. The van der Waals surface area contributed by atoms with Crippen LogP contribution in [0.15, 0.2) is 59.6 Å². The molecular formula is C28H27N5O4S. The summed E-state index contributed by atoms with van der Waals surface area (Å²) in [7, 11) is 0. The van der Waals surface area contributed by atoms with E-state index in [0.29, 0.717) is 22.5 Å². The minimum atomic E-state index is -0.382. The number of hydrogen-bond donors (Lipinski definition) is 2. The summed E-state index contributed by atoms with van der Waals surface area (Å²) in [5.41, 5.74) is 4.18. The van der Waals surface area contributed by atoms with Crippen LogP contribution in [0.1, 0.15) is 24.1 Å². The number of anilines is 1. The van der Waals surface area contributed by atoms with Crippen molar-refractivity contribution in [1.29, 1.82) is 0 Å². The topological polar surface area (TPSA) is 106 Å². The minimum Gasteiger partial charge on any atom is -0.454 e. The first-order chi connectivity index (χ1) is 18.6. The number of ether oxygens (including phenoxy) is 2. The van der Waals surface area contributed by atoms with Crippen LogP contribution < -0.4 is 25.0 Å². The predicted molar refractivity (Wildman–Crippen MR) is 146 cm³/mol. The first-order valence-corrected chi connectivity index (χ1v) is 13.5. The van der Waals surface area contributed by atoms with Gasteiger partial charge in [-0.25, -0.2) is 9.97 Å². The van der Waals surface area contributed by atoms with Gasteiger partial charge in [0.05, 0.1) is 10.6 Å². The number of imide groups is 1. The van der Waals surface area contributed by atoms with E-state index in [9.17, 15) is 9.59 Å². The van der Waals surface area contributed by atoms with Gasteiger partial charge in [0.25, 0.3) is 11.1 Å². The highest BCUT2D eigenvalue weighted by atomic mass is 32.2. The third-order valence-electron chi connectivity index (χ3n) is 6.93. The standard InChI is InChI=1S/C28H27N5O4S/c34-26-25(38-28(35)32-26)14-21-7-10-30-27(31-21)33-11-8-18(9-12-33)15-29-16-20-3-1-2-4-22(20)19-5-6-23-24(13-19)37-17-36-23/h1-7,10,13-14,18,29H,8-9,11-12,15-17H2,(H,32,34,35)/b25-14-. The molecule has 0 bridgehead atoms. The fourth-order valence-corrected chi connectivity index (χ4v) is 5.59. The van der Waals surface area contributed by atoms with E-state index in [1.165, 1.54) is 11.1 Å². The summed E-state index contributed by atoms with van der Waals surface area (Å²) in [6.45, 7) is 3.74. The number of nitrogens with zero attached hydrogens (tertiary/aromatic N) is 3. The number of rotatable bonds is 7. The van der Waals surface area contributed by atoms with Crippen LogP contribution in [0.4, 0.5) is 10.7 Å². The van der Waals surface area contributed by atoms with Crippen molar-refractivity contribution in [2.45, 2.75) is 19.4 Å². The Bertz CT molecular complexity index is 1400. The largest absolute Gasteiger partial charge is 0.454 e. The highest BCUT2D eigenvalue weighted by Gasteiger charge is 2.26. The summed E-state index contributed by atoms with van der Waals surface area (Å²) in [6.07, 6.45) is 5.41. The number of thioether (sulfide) groups is 1. The molecule has 0 saturated carbocycles. The maximum absolute atomic E-state index is 11.8. The van der Waals surface area contributed by atoms with Crippen molar-refractivity contribution in [3.05, 3.63) is 70.9 Å². The van der Waals surface area contributed by atoms with Crippen LogP contribution in [0.5, 0.6) is 11.5 Å². The van der Waals surface area contributed by atoms with E-state index >= 15 is 0 Å². The van der Waals surface area contributed by atoms with Gasteiger partial charge in [-0.3, -0.25) is 14.9 Å². The number of benzene rings is 2. The Labute approximate surface area is 224 Å². The van der Waals surface area contributed by atoms with Gasteiger partial charge in [0.15, 0.2) is 11.5 Å². The Hall–Kier alpha value is -3.89. The molecule has 2 saturated heterocycles. The van der Waals surface area contributed by atoms with Crippen molar-refractivity contribution in [3.63, 3.8) is 0 Å². The van der Waals surface area contributed by atoms with Crippen molar-refractivity contribution >= 4 is 34.9 Å². The number of carbonyl (C=O) groups is 2. The van der Waals surface area contributed by atoms with E-state index in [-0.39, 0.29) is 17.9 Å². The summed E-state index contributed by atoms with van der Waals surface area (Å²) < 4.78 is 11.0. The highest BCUT2D eigenvalue weighted by Crippen LogP contribution is 2.37. The summed E-state index contributed by atoms with van der Waals surface area (Å²) in [4.78, 5) is 34.8. The second-order valence-corrected chi connectivity index (χ2v) is 10.4. The molecule has 0 atom stereocenters. The summed E-state index contributed by atoms with van der Waals surface area (Å²) >= 11 is 0.890. The lowest BCUT2D eigenvalue weighted by Crippen LogP contribution is -2.38. The molecule has 0 spiro atoms. The molecule has 1 aromatic heterocycles. The van der Waals surface area contributed by atoms with E-state index < -0.39 is 0 Å². The van der Waals surface area contributed by atoms with Gasteiger partial charge in [0.2, 0.25) is 12.7 Å². The number of carbonyl (C=O) groups excluding carboxylic acids is 2. The molecule has 3 aromatic rings. The van der Waals surface area contributed by atoms with Crippen LogP contribution in [0.3, 0.4) is 0 Å². The lowest BCUT2D eigenvalue weighted by molar-refractivity contribution is -0.115. The maximum atomic E-state index is 11.8. The van der Waals surface area contributed by atoms with Gasteiger partial charge in [-0.15, -0.1) is 0 Å². The van der Waals surface area contributed by atoms with E-state index in [1.807, 2.05) is 12.1 Å². The van der Waals surface area contributed by atoms with Gasteiger partial charge >= 0.3 is 0 Å². The van der Waals surface area contributed by atoms with Gasteiger partial charge in [0, 0.05) is 25.8 Å². The number of hydrogen-bond acceptors (Lipinski definition) is 9. The molecule has 3 aliphatic rings. The molecule has 38 heavy (non-hydrogen) atoms. The molecule has 194 valence electrons. The minimum absolute atomic E-state index is 0.274. The van der Waals surface area contributed by atoms with Gasteiger partial charge in [-0.1, -0.05) is 30.3 Å². The molecule has 0 aliphatic carbocycles. The number of piperidine rings is 1. The highest BCUT2D eigenvalue weighted by molar-refractivity contribution is 8.18. The Morgan fingerprint density at radius 1 is 1.08 bits per heavy atom. The predicted octanol–water partition coefficient (Wildman–Crippen LogP) is 4.20. The van der Waals surface area contributed by atoms with E-state index in [4.69, 9.17) is 9.47 Å². The third-order valence-corrected chi connectivity index (χ3v) is 7.74. The van der Waals surface area contributed by atoms with Crippen molar-refractivity contribution in [1.82, 2.24) is 20.6 Å². The van der Waals surface area contributed by atoms with Crippen LogP contribution in [0.2, 0.25) is 0 Å². The van der Waals surface area contributed by atoms with E-state index in [0.717, 1.165) is 67.8 Å². The lowest BCUT2D eigenvalue weighted by Gasteiger charge is -2.32. The summed E-state index contributed by atoms with van der Waals surface area (Å²) in [6, 6.07) is 16.3. The second-order valence-electron chi connectivity index (χ2n) is 9.42. The van der Waals surface area contributed by atoms with Crippen molar-refractivity contribution in [2.24, 2.45) is 5.92 Å². The smallest absolute Gasteiger partial charge is 0.290 e. The molecule has 0 unspecified atom stereocenters. The molecule has 4 heterocycles. The first kappa shape index (κ1) is 24.4. The number of amides is 2. The lowest BCUT2D eigenvalue weighted by atomic mass is 9.96. The van der Waals surface area contributed by atoms with Crippen LogP contribution in [-0.4, -0.2) is 47.5 Å². The fraction of sp³-hybridized carbons (Fsp3) is 0.286.